The molecule has 3 aromatic rings. The molecule has 4 N–H and O–H groups in total. The number of likely N-dealkylation sites (N-methyl/N-ethyl adjacent to an activating group) is 1. The first-order valence-electron chi connectivity index (χ1n) is 11.0. The Kier molecular flexibility index (Phi) is 7.48. The number of nitrogens with one attached hydrogen (secondary N) is 4. The van der Waals surface area contributed by atoms with E-state index in [1.54, 1.807) is 6.20 Å². The van der Waals surface area contributed by atoms with E-state index in [0.717, 1.165) is 18.5 Å². The van der Waals surface area contributed by atoms with Gasteiger partial charge < -0.3 is 25.4 Å². The van der Waals surface area contributed by atoms with Gasteiger partial charge in [0.1, 0.15) is 12.1 Å². The number of hydrogen-bond donors (Lipinski definition) is 4. The van der Waals surface area contributed by atoms with Crippen LogP contribution in [-0.2, 0) is 4.79 Å². The molecule has 1 aliphatic rings. The van der Waals surface area contributed by atoms with Crippen LogP contribution in [0.5, 0.6) is 11.6 Å². The summed E-state index contributed by atoms with van der Waals surface area (Å²) in [4.78, 5) is 53.4. The van der Waals surface area contributed by atoms with Crippen LogP contribution in [0.3, 0.4) is 0 Å². The van der Waals surface area contributed by atoms with Crippen molar-refractivity contribution in [3.05, 3.63) is 54.4 Å². The molecule has 4 rings (SSSR count). The first-order valence-corrected chi connectivity index (χ1v) is 11.0. The number of amides is 3. The predicted molar refractivity (Wildman–Crippen MR) is 128 cm³/mol. The molecule has 2 heterocycles. The van der Waals surface area contributed by atoms with E-state index >= 15 is 0 Å². The summed E-state index contributed by atoms with van der Waals surface area (Å²) < 4.78 is 10.9. The maximum atomic E-state index is 12.8. The van der Waals surface area contributed by atoms with Gasteiger partial charge in [0, 0.05) is 20.0 Å². The van der Waals surface area contributed by atoms with Gasteiger partial charge in [-0.1, -0.05) is 0 Å². The second-order valence-corrected chi connectivity index (χ2v) is 7.74. The van der Waals surface area contributed by atoms with Gasteiger partial charge in [-0.2, -0.15) is 0 Å². The van der Waals surface area contributed by atoms with Crippen LogP contribution in [-0.4, -0.2) is 58.5 Å². The highest BCUT2D eigenvalue weighted by atomic mass is 16.6. The third-order valence-electron chi connectivity index (χ3n) is 5.12. The van der Waals surface area contributed by atoms with Crippen LogP contribution >= 0.6 is 0 Å². The van der Waals surface area contributed by atoms with E-state index in [2.05, 4.69) is 41.2 Å². The molecule has 13 heteroatoms. The molecule has 13 nitrogen and oxygen atoms in total. The average Bonchev–Trinajstić information content (AvgIpc) is 3.74. The number of benzene rings is 1. The Morgan fingerprint density at radius 3 is 2.53 bits per heavy atom. The fourth-order valence-electron chi connectivity index (χ4n) is 3.11. The van der Waals surface area contributed by atoms with Crippen LogP contribution in [0.4, 0.5) is 22.0 Å². The first-order chi connectivity index (χ1) is 17.5. The highest BCUT2D eigenvalue weighted by Gasteiger charge is 2.27. The van der Waals surface area contributed by atoms with Crippen LogP contribution in [0.1, 0.15) is 34.8 Å². The van der Waals surface area contributed by atoms with Crippen LogP contribution in [0.15, 0.2) is 43.1 Å². The summed E-state index contributed by atoms with van der Waals surface area (Å²) in [7, 11) is 2.94. The van der Waals surface area contributed by atoms with Crippen molar-refractivity contribution in [2.75, 3.05) is 31.3 Å². The standard InChI is InChI=1S/C23H24N8O5/c1-24-19(32)11-35-15-5-6-17(16(7-15)21(33)25-2)31-23(34)36-22-20(29-14-8-26-12-27-9-14)28-10-18(30-22)13-3-4-13/h5-10,12-13H,3-4,11H2,1-2H3,(H,24,32)(H,25,33)(H,28,29)(H,31,34). The second kappa shape index (κ2) is 11.1. The van der Waals surface area contributed by atoms with Crippen molar-refractivity contribution < 1.29 is 23.9 Å². The van der Waals surface area contributed by atoms with E-state index in [-0.39, 0.29) is 47.1 Å². The number of carbonyl (C=O) groups excluding carboxylic acids is 3. The fourth-order valence-corrected chi connectivity index (χ4v) is 3.11. The lowest BCUT2D eigenvalue weighted by Gasteiger charge is -2.14. The van der Waals surface area contributed by atoms with Crippen LogP contribution in [0.25, 0.3) is 0 Å². The van der Waals surface area contributed by atoms with Crippen molar-refractivity contribution in [3.8, 4) is 11.6 Å². The molecule has 0 atom stereocenters. The summed E-state index contributed by atoms with van der Waals surface area (Å²) in [5.41, 5.74) is 1.53. The molecule has 1 fully saturated rings. The van der Waals surface area contributed by atoms with Gasteiger partial charge >= 0.3 is 6.09 Å². The summed E-state index contributed by atoms with van der Waals surface area (Å²) in [5.74, 6) is -0.0857. The van der Waals surface area contributed by atoms with Gasteiger partial charge in [0.05, 0.1) is 41.2 Å². The van der Waals surface area contributed by atoms with Crippen LogP contribution in [0, 0.1) is 0 Å². The number of rotatable bonds is 9. The molecule has 1 saturated carbocycles. The van der Waals surface area contributed by atoms with Crippen molar-refractivity contribution in [2.45, 2.75) is 18.8 Å². The van der Waals surface area contributed by atoms with Gasteiger partial charge in [0.15, 0.2) is 12.4 Å². The Bertz CT molecular complexity index is 1270. The van der Waals surface area contributed by atoms with Gasteiger partial charge in [-0.3, -0.25) is 14.9 Å². The summed E-state index contributed by atoms with van der Waals surface area (Å²) in [6.07, 6.45) is 7.20. The molecule has 1 aliphatic carbocycles. The lowest BCUT2D eigenvalue weighted by molar-refractivity contribution is -0.122. The molecule has 0 spiro atoms. The number of carbonyl (C=O) groups is 3. The number of ether oxygens (including phenoxy) is 2. The van der Waals surface area contributed by atoms with Crippen molar-refractivity contribution >= 4 is 35.1 Å². The lowest BCUT2D eigenvalue weighted by Crippen LogP contribution is -2.25. The zero-order chi connectivity index (χ0) is 25.5. The number of aromatic nitrogens is 4. The van der Waals surface area contributed by atoms with Gasteiger partial charge in [-0.25, -0.2) is 24.7 Å². The van der Waals surface area contributed by atoms with E-state index in [4.69, 9.17) is 9.47 Å². The summed E-state index contributed by atoms with van der Waals surface area (Å²) >= 11 is 0. The largest absolute Gasteiger partial charge is 0.484 e. The molecule has 0 bridgehead atoms. The van der Waals surface area contributed by atoms with E-state index in [1.807, 2.05) is 0 Å². The molecule has 3 amide bonds. The molecule has 0 saturated heterocycles. The molecule has 0 aliphatic heterocycles. The molecule has 1 aromatic carbocycles. The van der Waals surface area contributed by atoms with E-state index in [0.29, 0.717) is 5.69 Å². The average molecular weight is 492 g/mol. The molecule has 36 heavy (non-hydrogen) atoms. The van der Waals surface area contributed by atoms with Crippen LogP contribution in [0.2, 0.25) is 0 Å². The smallest absolute Gasteiger partial charge is 0.418 e. The minimum Gasteiger partial charge on any atom is -0.484 e. The Labute approximate surface area is 206 Å². The summed E-state index contributed by atoms with van der Waals surface area (Å²) in [6, 6.07) is 4.39. The molecule has 0 radical (unpaired) electrons. The number of hydrogen-bond acceptors (Lipinski definition) is 10. The third-order valence-corrected chi connectivity index (χ3v) is 5.12. The molecule has 186 valence electrons. The molecule has 2 aromatic heterocycles. The first kappa shape index (κ1) is 24.3. The zero-order valence-electron chi connectivity index (χ0n) is 19.6. The van der Waals surface area contributed by atoms with Crippen molar-refractivity contribution in [2.24, 2.45) is 0 Å². The SMILES string of the molecule is CNC(=O)COc1ccc(NC(=O)Oc2nc(C3CC3)cnc2Nc2cncnc2)c(C(=O)NC)c1. The number of nitrogens with zero attached hydrogens (tertiary/aromatic N) is 4. The van der Waals surface area contributed by atoms with Gasteiger partial charge in [-0.15, -0.1) is 0 Å². The Hall–Kier alpha value is -4.81. The maximum absolute atomic E-state index is 12.8. The Morgan fingerprint density at radius 2 is 1.83 bits per heavy atom. The highest BCUT2D eigenvalue weighted by molar-refractivity contribution is 6.03. The monoisotopic (exact) mass is 492 g/mol. The van der Waals surface area contributed by atoms with Gasteiger partial charge in [0.25, 0.3) is 17.7 Å². The van der Waals surface area contributed by atoms with E-state index in [1.165, 1.54) is 51.0 Å². The summed E-state index contributed by atoms with van der Waals surface area (Å²) in [5, 5.41) is 10.5. The minimum absolute atomic E-state index is 0.0345. The van der Waals surface area contributed by atoms with Crippen molar-refractivity contribution in [1.29, 1.82) is 0 Å². The highest BCUT2D eigenvalue weighted by Crippen LogP contribution is 2.40. The fraction of sp³-hybridized carbons (Fsp3) is 0.261. The summed E-state index contributed by atoms with van der Waals surface area (Å²) in [6.45, 7) is -0.225. The van der Waals surface area contributed by atoms with Crippen LogP contribution < -0.4 is 30.7 Å². The molecular formula is C23H24N8O5. The second-order valence-electron chi connectivity index (χ2n) is 7.74. The predicted octanol–water partition coefficient (Wildman–Crippen LogP) is 1.98. The molecular weight excluding hydrogens is 468 g/mol. The normalized spacial score (nSPS) is 12.3. The number of anilines is 3. The van der Waals surface area contributed by atoms with Crippen molar-refractivity contribution in [3.63, 3.8) is 0 Å². The third kappa shape index (κ3) is 6.20. The van der Waals surface area contributed by atoms with Gasteiger partial charge in [0.2, 0.25) is 0 Å². The molecule has 0 unspecified atom stereocenters. The Morgan fingerprint density at radius 1 is 1.06 bits per heavy atom. The van der Waals surface area contributed by atoms with E-state index in [9.17, 15) is 14.4 Å². The maximum Gasteiger partial charge on any atom is 0.418 e. The Balaban J connectivity index is 1.53. The minimum atomic E-state index is -0.881. The van der Waals surface area contributed by atoms with Gasteiger partial charge in [-0.05, 0) is 31.0 Å². The quantitative estimate of drug-likeness (QED) is 0.346. The lowest BCUT2D eigenvalue weighted by atomic mass is 10.1. The topological polar surface area (TPSA) is 169 Å². The van der Waals surface area contributed by atoms with E-state index < -0.39 is 12.0 Å². The zero-order valence-corrected chi connectivity index (χ0v) is 19.6. The van der Waals surface area contributed by atoms with Crippen molar-refractivity contribution in [1.82, 2.24) is 30.6 Å².